The minimum atomic E-state index is -0.409. The van der Waals surface area contributed by atoms with Crippen molar-refractivity contribution in [3.05, 3.63) is 93.4 Å². The summed E-state index contributed by atoms with van der Waals surface area (Å²) in [5, 5.41) is 12.3. The molecule has 1 amide bonds. The molecule has 2 aromatic carbocycles. The second-order valence-corrected chi connectivity index (χ2v) is 8.28. The number of carbonyl (C=O) groups is 1. The van der Waals surface area contributed by atoms with Gasteiger partial charge in [-0.25, -0.2) is 4.68 Å². The van der Waals surface area contributed by atoms with E-state index in [9.17, 15) is 4.79 Å². The molecule has 164 valence electrons. The molecule has 0 aliphatic heterocycles. The molecule has 1 N–H and O–H groups in total. The highest BCUT2D eigenvalue weighted by Gasteiger charge is 2.15. The van der Waals surface area contributed by atoms with Gasteiger partial charge in [0.25, 0.3) is 5.91 Å². The van der Waals surface area contributed by atoms with Gasteiger partial charge in [-0.2, -0.15) is 10.2 Å². The highest BCUT2D eigenvalue weighted by molar-refractivity contribution is 6.33. The van der Waals surface area contributed by atoms with Crippen LogP contribution in [0.5, 0.6) is 5.75 Å². The molecular formula is C23H21Cl2N5O2. The molecule has 0 radical (unpaired) electrons. The average molecular weight is 470 g/mol. The van der Waals surface area contributed by atoms with Gasteiger partial charge in [-0.05, 0) is 60.9 Å². The lowest BCUT2D eigenvalue weighted by Gasteiger charge is -2.08. The van der Waals surface area contributed by atoms with Gasteiger partial charge in [-0.1, -0.05) is 41.4 Å². The highest BCUT2D eigenvalue weighted by Crippen LogP contribution is 2.21. The second-order valence-electron chi connectivity index (χ2n) is 7.44. The minimum absolute atomic E-state index is 0.187. The quantitative estimate of drug-likeness (QED) is 0.396. The predicted octanol–water partition coefficient (Wildman–Crippen LogP) is 5.34. The number of hydrogen-bond acceptors (Lipinski definition) is 4. The largest absolute Gasteiger partial charge is 0.471 e. The lowest BCUT2D eigenvalue weighted by atomic mass is 10.1. The molecule has 7 nitrogen and oxygen atoms in total. The summed E-state index contributed by atoms with van der Waals surface area (Å²) in [6, 6.07) is 15.0. The van der Waals surface area contributed by atoms with E-state index in [2.05, 4.69) is 21.6 Å². The van der Waals surface area contributed by atoms with Gasteiger partial charge in [-0.3, -0.25) is 9.48 Å². The normalized spacial score (nSPS) is 10.9. The molecule has 2 aromatic heterocycles. The lowest BCUT2D eigenvalue weighted by Crippen LogP contribution is -2.15. The van der Waals surface area contributed by atoms with Crippen LogP contribution in [0.3, 0.4) is 0 Å². The first kappa shape index (κ1) is 21.9. The van der Waals surface area contributed by atoms with Crippen molar-refractivity contribution in [3.63, 3.8) is 0 Å². The molecule has 0 atom stereocenters. The zero-order chi connectivity index (χ0) is 22.7. The van der Waals surface area contributed by atoms with Crippen LogP contribution in [0.25, 0.3) is 0 Å². The van der Waals surface area contributed by atoms with Gasteiger partial charge in [0.05, 0.1) is 6.54 Å². The van der Waals surface area contributed by atoms with E-state index in [1.54, 1.807) is 27.8 Å². The van der Waals surface area contributed by atoms with Gasteiger partial charge in [0.1, 0.15) is 10.8 Å². The molecule has 0 spiro atoms. The monoisotopic (exact) mass is 469 g/mol. The van der Waals surface area contributed by atoms with Gasteiger partial charge >= 0.3 is 0 Å². The van der Waals surface area contributed by atoms with Crippen LogP contribution in [0.15, 0.2) is 60.9 Å². The number of benzene rings is 2. The van der Waals surface area contributed by atoms with E-state index in [-0.39, 0.29) is 18.2 Å². The number of anilines is 1. The molecule has 4 aromatic rings. The molecular weight excluding hydrogens is 449 g/mol. The maximum absolute atomic E-state index is 12.6. The van der Waals surface area contributed by atoms with Gasteiger partial charge < -0.3 is 10.1 Å². The number of aryl methyl sites for hydroxylation is 2. The number of halogens is 2. The van der Waals surface area contributed by atoms with Crippen LogP contribution in [-0.4, -0.2) is 25.5 Å². The topological polar surface area (TPSA) is 74.0 Å². The third kappa shape index (κ3) is 5.49. The predicted molar refractivity (Wildman–Crippen MR) is 125 cm³/mol. The number of hydrogen-bond donors (Lipinski definition) is 1. The Morgan fingerprint density at radius 2 is 1.72 bits per heavy atom. The number of nitrogens with zero attached hydrogens (tertiary/aromatic N) is 4. The fourth-order valence-corrected chi connectivity index (χ4v) is 3.55. The Labute approximate surface area is 195 Å². The summed E-state index contributed by atoms with van der Waals surface area (Å²) in [4.78, 5) is 12.6. The van der Waals surface area contributed by atoms with Crippen molar-refractivity contribution in [1.29, 1.82) is 0 Å². The second kappa shape index (κ2) is 9.46. The van der Waals surface area contributed by atoms with Crippen LogP contribution in [0.2, 0.25) is 10.0 Å². The molecule has 32 heavy (non-hydrogen) atoms. The summed E-state index contributed by atoms with van der Waals surface area (Å²) in [6.07, 6.45) is 3.33. The minimum Gasteiger partial charge on any atom is -0.471 e. The fourth-order valence-electron chi connectivity index (χ4n) is 3.22. The smallest absolute Gasteiger partial charge is 0.277 e. The van der Waals surface area contributed by atoms with E-state index in [0.29, 0.717) is 16.6 Å². The summed E-state index contributed by atoms with van der Waals surface area (Å²) >= 11 is 12.2. The maximum Gasteiger partial charge on any atom is 0.277 e. The Hall–Kier alpha value is -3.29. The Morgan fingerprint density at radius 3 is 2.44 bits per heavy atom. The van der Waals surface area contributed by atoms with E-state index in [4.69, 9.17) is 27.9 Å². The van der Waals surface area contributed by atoms with Crippen molar-refractivity contribution in [2.75, 3.05) is 5.32 Å². The van der Waals surface area contributed by atoms with Crippen molar-refractivity contribution in [1.82, 2.24) is 19.6 Å². The van der Waals surface area contributed by atoms with Crippen molar-refractivity contribution in [2.24, 2.45) is 0 Å². The molecule has 0 fully saturated rings. The molecule has 2 heterocycles. The third-order valence-electron chi connectivity index (χ3n) is 4.64. The summed E-state index contributed by atoms with van der Waals surface area (Å²) < 4.78 is 8.97. The van der Waals surface area contributed by atoms with E-state index < -0.39 is 5.91 Å². The number of amides is 1. The van der Waals surface area contributed by atoms with Gasteiger partial charge in [-0.15, -0.1) is 0 Å². The lowest BCUT2D eigenvalue weighted by molar-refractivity contribution is 0.101. The van der Waals surface area contributed by atoms with Gasteiger partial charge in [0, 0.05) is 17.4 Å². The third-order valence-corrected chi connectivity index (χ3v) is 5.17. The summed E-state index contributed by atoms with van der Waals surface area (Å²) in [5.41, 5.74) is 3.48. The summed E-state index contributed by atoms with van der Waals surface area (Å²) in [5.74, 6) is 0.613. The molecule has 0 saturated heterocycles. The number of ether oxygens (including phenoxy) is 1. The first-order valence-corrected chi connectivity index (χ1v) is 10.6. The van der Waals surface area contributed by atoms with Gasteiger partial charge in [0.15, 0.2) is 18.2 Å². The Kier molecular flexibility index (Phi) is 6.48. The molecule has 0 aliphatic carbocycles. The van der Waals surface area contributed by atoms with E-state index >= 15 is 0 Å². The number of rotatable bonds is 7. The standard InChI is InChI=1S/C23H21Cl2N5O2/c1-15-9-16(2)11-19(10-15)32-14-29-8-7-21(27-29)23(31)26-22-20(25)13-30(28-22)12-17-3-5-18(24)6-4-17/h3-11,13H,12,14H2,1-2H3,(H,26,28,31). The first-order valence-electron chi connectivity index (χ1n) is 9.89. The van der Waals surface area contributed by atoms with Crippen molar-refractivity contribution < 1.29 is 9.53 Å². The van der Waals surface area contributed by atoms with E-state index in [0.717, 1.165) is 22.4 Å². The molecule has 0 bridgehead atoms. The van der Waals surface area contributed by atoms with Crippen LogP contribution in [0, 0.1) is 13.8 Å². The van der Waals surface area contributed by atoms with E-state index in [1.165, 1.54) is 0 Å². The average Bonchev–Trinajstić information content (AvgIpc) is 3.34. The van der Waals surface area contributed by atoms with Crippen LogP contribution in [0.4, 0.5) is 5.82 Å². The van der Waals surface area contributed by atoms with Crippen molar-refractivity contribution in [2.45, 2.75) is 27.1 Å². The van der Waals surface area contributed by atoms with Gasteiger partial charge in [0.2, 0.25) is 0 Å². The van der Waals surface area contributed by atoms with Crippen LogP contribution >= 0.6 is 23.2 Å². The summed E-state index contributed by atoms with van der Waals surface area (Å²) in [6.45, 7) is 4.71. The number of nitrogens with one attached hydrogen (secondary N) is 1. The summed E-state index contributed by atoms with van der Waals surface area (Å²) in [7, 11) is 0. The fraction of sp³-hybridized carbons (Fsp3) is 0.174. The molecule has 9 heteroatoms. The van der Waals surface area contributed by atoms with Crippen molar-refractivity contribution >= 4 is 34.9 Å². The van der Waals surface area contributed by atoms with Crippen molar-refractivity contribution in [3.8, 4) is 5.75 Å². The zero-order valence-corrected chi connectivity index (χ0v) is 19.1. The van der Waals surface area contributed by atoms with Crippen LogP contribution < -0.4 is 10.1 Å². The maximum atomic E-state index is 12.6. The highest BCUT2D eigenvalue weighted by atomic mass is 35.5. The van der Waals surface area contributed by atoms with Crippen LogP contribution in [-0.2, 0) is 13.3 Å². The zero-order valence-electron chi connectivity index (χ0n) is 17.5. The Morgan fingerprint density at radius 1 is 1.00 bits per heavy atom. The molecule has 0 unspecified atom stereocenters. The number of aromatic nitrogens is 4. The molecule has 0 saturated carbocycles. The Balaban J connectivity index is 1.37. The first-order chi connectivity index (χ1) is 15.4. The van der Waals surface area contributed by atoms with Crippen LogP contribution in [0.1, 0.15) is 27.2 Å². The number of carbonyl (C=O) groups excluding carboxylic acids is 1. The molecule has 4 rings (SSSR count). The SMILES string of the molecule is Cc1cc(C)cc(OCn2ccc(C(=O)Nc3nn(Cc4ccc(Cl)cc4)cc3Cl)n2)c1. The van der Waals surface area contributed by atoms with E-state index in [1.807, 2.05) is 50.2 Å². The Bertz CT molecular complexity index is 1230. The molecule has 0 aliphatic rings.